The number of aromatic carboxylic acids is 1. The number of nitrogens with zero attached hydrogens (tertiary/aromatic N) is 1. The van der Waals surface area contributed by atoms with E-state index < -0.39 is 11.8 Å². The van der Waals surface area contributed by atoms with E-state index in [1.165, 1.54) is 0 Å². The highest BCUT2D eigenvalue weighted by Crippen LogP contribution is 2.15. The van der Waals surface area contributed by atoms with Crippen LogP contribution in [0.4, 0.5) is 10.2 Å². The molecule has 1 heterocycles. The minimum atomic E-state index is -1.22. The summed E-state index contributed by atoms with van der Waals surface area (Å²) >= 11 is 0. The molecule has 0 fully saturated rings. The van der Waals surface area contributed by atoms with Crippen molar-refractivity contribution >= 4 is 11.8 Å². The molecule has 0 saturated heterocycles. The Kier molecular flexibility index (Phi) is 5.51. The highest BCUT2D eigenvalue weighted by molar-refractivity contribution is 5.93. The van der Waals surface area contributed by atoms with Crippen molar-refractivity contribution in [3.63, 3.8) is 0 Å². The Morgan fingerprint density at radius 1 is 1.61 bits per heavy atom. The zero-order chi connectivity index (χ0) is 13.5. The van der Waals surface area contributed by atoms with E-state index >= 15 is 0 Å². The van der Waals surface area contributed by atoms with Crippen LogP contribution in [0.5, 0.6) is 0 Å². The van der Waals surface area contributed by atoms with Crippen LogP contribution in [0.2, 0.25) is 0 Å². The predicted molar refractivity (Wildman–Crippen MR) is 65.1 cm³/mol. The van der Waals surface area contributed by atoms with E-state index in [-0.39, 0.29) is 23.9 Å². The van der Waals surface area contributed by atoms with Crippen LogP contribution >= 0.6 is 0 Å². The standard InChI is InChI=1S/C12H17FN2O3/c1-2-8(3-4-16)6-14-11-10(12(17)18)5-9(13)7-15-11/h5,7-8,16H,2-4,6H2,1H3,(H,14,15)(H,17,18). The van der Waals surface area contributed by atoms with E-state index in [1.54, 1.807) is 0 Å². The Morgan fingerprint density at radius 3 is 2.89 bits per heavy atom. The SMILES string of the molecule is CCC(CCO)CNc1ncc(F)cc1C(=O)O. The van der Waals surface area contributed by atoms with Crippen molar-refractivity contribution < 1.29 is 19.4 Å². The van der Waals surface area contributed by atoms with Crippen LogP contribution in [0.3, 0.4) is 0 Å². The molecule has 3 N–H and O–H groups in total. The van der Waals surface area contributed by atoms with Gasteiger partial charge in [-0.3, -0.25) is 0 Å². The molecule has 6 heteroatoms. The Labute approximate surface area is 105 Å². The predicted octanol–water partition coefficient (Wildman–Crippen LogP) is 1.74. The van der Waals surface area contributed by atoms with Crippen molar-refractivity contribution in [1.29, 1.82) is 0 Å². The summed E-state index contributed by atoms with van der Waals surface area (Å²) in [6.07, 6.45) is 2.46. The monoisotopic (exact) mass is 256 g/mol. The minimum Gasteiger partial charge on any atom is -0.478 e. The number of carboxylic acids is 1. The fourth-order valence-corrected chi connectivity index (χ4v) is 1.62. The van der Waals surface area contributed by atoms with Gasteiger partial charge in [-0.2, -0.15) is 0 Å². The average molecular weight is 256 g/mol. The number of rotatable bonds is 7. The third-order valence-corrected chi connectivity index (χ3v) is 2.76. The summed E-state index contributed by atoms with van der Waals surface area (Å²) in [7, 11) is 0. The lowest BCUT2D eigenvalue weighted by atomic mass is 10.0. The molecule has 0 amide bonds. The maximum Gasteiger partial charge on any atom is 0.339 e. The molecular weight excluding hydrogens is 239 g/mol. The van der Waals surface area contributed by atoms with Gasteiger partial charge in [0.25, 0.3) is 0 Å². The van der Waals surface area contributed by atoms with Crippen molar-refractivity contribution in [1.82, 2.24) is 4.98 Å². The maximum atomic E-state index is 12.9. The summed E-state index contributed by atoms with van der Waals surface area (Å²) in [4.78, 5) is 14.7. The van der Waals surface area contributed by atoms with Crippen LogP contribution in [0.1, 0.15) is 30.1 Å². The molecule has 5 nitrogen and oxygen atoms in total. The number of carbonyl (C=O) groups is 1. The van der Waals surface area contributed by atoms with E-state index in [2.05, 4.69) is 10.3 Å². The van der Waals surface area contributed by atoms with Crippen LogP contribution in [-0.2, 0) is 0 Å². The number of aliphatic hydroxyl groups is 1. The highest BCUT2D eigenvalue weighted by Gasteiger charge is 2.14. The zero-order valence-corrected chi connectivity index (χ0v) is 10.2. The lowest BCUT2D eigenvalue weighted by Gasteiger charge is -2.15. The molecular formula is C12H17FN2O3. The molecule has 1 unspecified atom stereocenters. The molecule has 0 saturated carbocycles. The Morgan fingerprint density at radius 2 is 2.33 bits per heavy atom. The van der Waals surface area contributed by atoms with Gasteiger partial charge in [0.1, 0.15) is 17.2 Å². The van der Waals surface area contributed by atoms with Gasteiger partial charge < -0.3 is 15.5 Å². The van der Waals surface area contributed by atoms with Gasteiger partial charge in [0.15, 0.2) is 0 Å². The molecule has 100 valence electrons. The zero-order valence-electron chi connectivity index (χ0n) is 10.2. The first-order chi connectivity index (χ1) is 8.58. The molecule has 0 spiro atoms. The van der Waals surface area contributed by atoms with E-state index in [0.717, 1.165) is 18.7 Å². The Balaban J connectivity index is 2.74. The Bertz CT molecular complexity index is 412. The number of hydrogen-bond acceptors (Lipinski definition) is 4. The third-order valence-electron chi connectivity index (χ3n) is 2.76. The number of aromatic nitrogens is 1. The second-order valence-corrected chi connectivity index (χ2v) is 4.02. The first-order valence-electron chi connectivity index (χ1n) is 5.82. The fraction of sp³-hybridized carbons (Fsp3) is 0.500. The maximum absolute atomic E-state index is 12.9. The first kappa shape index (κ1) is 14.4. The van der Waals surface area contributed by atoms with Gasteiger partial charge in [0.05, 0.1) is 6.20 Å². The molecule has 0 radical (unpaired) electrons. The quantitative estimate of drug-likeness (QED) is 0.692. The van der Waals surface area contributed by atoms with Gasteiger partial charge in [0, 0.05) is 13.2 Å². The number of nitrogens with one attached hydrogen (secondary N) is 1. The van der Waals surface area contributed by atoms with Gasteiger partial charge in [-0.1, -0.05) is 13.3 Å². The number of carboxylic acid groups (broad SMARTS) is 1. The second-order valence-electron chi connectivity index (χ2n) is 4.02. The summed E-state index contributed by atoms with van der Waals surface area (Å²) in [5.41, 5.74) is -0.186. The lowest BCUT2D eigenvalue weighted by Crippen LogP contribution is -2.17. The molecule has 0 aliphatic carbocycles. The molecule has 0 bridgehead atoms. The molecule has 18 heavy (non-hydrogen) atoms. The average Bonchev–Trinajstić information content (AvgIpc) is 2.35. The number of aliphatic hydroxyl groups excluding tert-OH is 1. The van der Waals surface area contributed by atoms with Crippen molar-refractivity contribution in [2.24, 2.45) is 5.92 Å². The van der Waals surface area contributed by atoms with E-state index in [1.807, 2.05) is 6.92 Å². The van der Waals surface area contributed by atoms with Gasteiger partial charge in [-0.05, 0) is 18.4 Å². The minimum absolute atomic E-state index is 0.0861. The smallest absolute Gasteiger partial charge is 0.339 e. The molecule has 1 aromatic heterocycles. The number of anilines is 1. The van der Waals surface area contributed by atoms with Crippen LogP contribution in [0.25, 0.3) is 0 Å². The topological polar surface area (TPSA) is 82.5 Å². The summed E-state index contributed by atoms with van der Waals surface area (Å²) in [6.45, 7) is 2.57. The molecule has 0 aromatic carbocycles. The van der Waals surface area contributed by atoms with Crippen LogP contribution in [0, 0.1) is 11.7 Å². The third kappa shape index (κ3) is 3.96. The summed E-state index contributed by atoms with van der Waals surface area (Å²) in [6, 6.07) is 0.935. The molecule has 1 atom stereocenters. The summed E-state index contributed by atoms with van der Waals surface area (Å²) in [5.74, 6) is -1.52. The molecule has 1 rings (SSSR count). The number of pyridine rings is 1. The molecule has 0 aliphatic heterocycles. The largest absolute Gasteiger partial charge is 0.478 e. The first-order valence-corrected chi connectivity index (χ1v) is 5.82. The number of hydrogen-bond donors (Lipinski definition) is 3. The Hall–Kier alpha value is -1.69. The van der Waals surface area contributed by atoms with Crippen LogP contribution < -0.4 is 5.32 Å². The van der Waals surface area contributed by atoms with Crippen LogP contribution in [-0.4, -0.2) is 34.3 Å². The van der Waals surface area contributed by atoms with E-state index in [4.69, 9.17) is 10.2 Å². The van der Waals surface area contributed by atoms with Crippen molar-refractivity contribution in [3.8, 4) is 0 Å². The highest BCUT2D eigenvalue weighted by atomic mass is 19.1. The molecule has 1 aromatic rings. The molecule has 0 aliphatic rings. The van der Waals surface area contributed by atoms with Crippen molar-refractivity contribution in [2.75, 3.05) is 18.5 Å². The van der Waals surface area contributed by atoms with Gasteiger partial charge in [-0.25, -0.2) is 14.2 Å². The summed E-state index contributed by atoms with van der Waals surface area (Å²) < 4.78 is 12.9. The van der Waals surface area contributed by atoms with E-state index in [0.29, 0.717) is 13.0 Å². The van der Waals surface area contributed by atoms with Gasteiger partial charge >= 0.3 is 5.97 Å². The van der Waals surface area contributed by atoms with Crippen molar-refractivity contribution in [3.05, 3.63) is 23.6 Å². The van der Waals surface area contributed by atoms with Gasteiger partial charge in [0.2, 0.25) is 0 Å². The van der Waals surface area contributed by atoms with Gasteiger partial charge in [-0.15, -0.1) is 0 Å². The van der Waals surface area contributed by atoms with E-state index in [9.17, 15) is 9.18 Å². The second kappa shape index (κ2) is 6.90. The number of halogens is 1. The van der Waals surface area contributed by atoms with Crippen LogP contribution in [0.15, 0.2) is 12.3 Å². The normalized spacial score (nSPS) is 12.2. The summed E-state index contributed by atoms with van der Waals surface area (Å²) in [5, 5.41) is 20.7. The lowest BCUT2D eigenvalue weighted by molar-refractivity contribution is 0.0697. The fourth-order valence-electron chi connectivity index (χ4n) is 1.62. The van der Waals surface area contributed by atoms with Crippen molar-refractivity contribution in [2.45, 2.75) is 19.8 Å².